The van der Waals surface area contributed by atoms with Crippen molar-refractivity contribution in [2.75, 3.05) is 6.61 Å². The van der Waals surface area contributed by atoms with Gasteiger partial charge in [-0.25, -0.2) is 0 Å². The number of hydrogen-bond acceptors (Lipinski definition) is 3. The summed E-state index contributed by atoms with van der Waals surface area (Å²) in [6.45, 7) is -0.175. The minimum Gasteiger partial charge on any atom is -0.482 e. The first-order valence-electron chi connectivity index (χ1n) is 6.91. The second kappa shape index (κ2) is 6.80. The van der Waals surface area contributed by atoms with Gasteiger partial charge in [0.15, 0.2) is 6.61 Å². The second-order valence-electron chi connectivity index (χ2n) is 5.33. The average molecular weight is 312 g/mol. The van der Waals surface area contributed by atoms with Crippen LogP contribution in [0.1, 0.15) is 32.1 Å². The molecule has 1 aromatic carbocycles. The van der Waals surface area contributed by atoms with Gasteiger partial charge in [-0.3, -0.25) is 9.59 Å². The molecule has 0 spiro atoms. The normalized spacial score (nSPS) is 16.4. The van der Waals surface area contributed by atoms with E-state index in [0.29, 0.717) is 23.6 Å². The molecule has 114 valence electrons. The van der Waals surface area contributed by atoms with Gasteiger partial charge in [-0.1, -0.05) is 36.6 Å². The molecule has 1 fully saturated rings. The molecule has 1 aromatic rings. The Morgan fingerprint density at radius 2 is 1.95 bits per heavy atom. The van der Waals surface area contributed by atoms with E-state index in [2.05, 4.69) is 5.32 Å². The molecule has 0 atom stereocenters. The first-order chi connectivity index (χ1) is 10.0. The number of amides is 1. The number of aliphatic carboxylic acids is 1. The summed E-state index contributed by atoms with van der Waals surface area (Å²) in [6.07, 6.45) is 3.19. The number of benzene rings is 1. The highest BCUT2D eigenvalue weighted by molar-refractivity contribution is 6.32. The number of rotatable bonds is 6. The molecule has 5 nitrogen and oxygen atoms in total. The van der Waals surface area contributed by atoms with Crippen LogP contribution in [-0.4, -0.2) is 29.1 Å². The largest absolute Gasteiger partial charge is 0.482 e. The number of hydrogen-bond donors (Lipinski definition) is 2. The highest BCUT2D eigenvalue weighted by atomic mass is 35.5. The Morgan fingerprint density at radius 3 is 2.57 bits per heavy atom. The number of nitrogens with one attached hydrogen (secondary N) is 1. The highest BCUT2D eigenvalue weighted by Gasteiger charge is 2.37. The second-order valence-corrected chi connectivity index (χ2v) is 5.73. The number of carboxylic acid groups (broad SMARTS) is 1. The summed E-state index contributed by atoms with van der Waals surface area (Å²) in [5.41, 5.74) is -0.632. The number of carboxylic acids is 1. The van der Waals surface area contributed by atoms with Gasteiger partial charge in [0.25, 0.3) is 5.91 Å². The van der Waals surface area contributed by atoms with Crippen molar-refractivity contribution in [3.05, 3.63) is 29.3 Å². The summed E-state index contributed by atoms with van der Waals surface area (Å²) >= 11 is 5.94. The topological polar surface area (TPSA) is 75.6 Å². The molecule has 0 aliphatic heterocycles. The minimum absolute atomic E-state index is 0.0508. The molecule has 2 N–H and O–H groups in total. The molecule has 1 saturated carbocycles. The van der Waals surface area contributed by atoms with E-state index in [1.54, 1.807) is 24.3 Å². The molecular formula is C15H18ClNO4. The monoisotopic (exact) mass is 311 g/mol. The van der Waals surface area contributed by atoms with Gasteiger partial charge in [0.1, 0.15) is 5.75 Å². The van der Waals surface area contributed by atoms with E-state index in [1.165, 1.54) is 0 Å². The molecule has 0 bridgehead atoms. The summed E-state index contributed by atoms with van der Waals surface area (Å²) < 4.78 is 5.37. The van der Waals surface area contributed by atoms with Crippen molar-refractivity contribution in [2.24, 2.45) is 0 Å². The Bertz CT molecular complexity index is 526. The fraction of sp³-hybridized carbons (Fsp3) is 0.467. The van der Waals surface area contributed by atoms with Crippen molar-refractivity contribution >= 4 is 23.5 Å². The first-order valence-corrected chi connectivity index (χ1v) is 7.29. The van der Waals surface area contributed by atoms with Crippen LogP contribution in [0.5, 0.6) is 5.75 Å². The third kappa shape index (κ3) is 4.36. The van der Waals surface area contributed by atoms with Crippen LogP contribution in [0.3, 0.4) is 0 Å². The predicted molar refractivity (Wildman–Crippen MR) is 78.5 cm³/mol. The van der Waals surface area contributed by atoms with Crippen molar-refractivity contribution in [1.82, 2.24) is 5.32 Å². The lowest BCUT2D eigenvalue weighted by Crippen LogP contribution is -2.49. The van der Waals surface area contributed by atoms with Crippen LogP contribution < -0.4 is 10.1 Å². The van der Waals surface area contributed by atoms with Gasteiger partial charge in [0.05, 0.1) is 17.0 Å². The van der Waals surface area contributed by atoms with E-state index < -0.39 is 11.5 Å². The zero-order chi connectivity index (χ0) is 15.3. The molecule has 0 unspecified atom stereocenters. The van der Waals surface area contributed by atoms with Crippen molar-refractivity contribution in [1.29, 1.82) is 0 Å². The molecule has 0 heterocycles. The Morgan fingerprint density at radius 1 is 1.29 bits per heavy atom. The van der Waals surface area contributed by atoms with E-state index in [9.17, 15) is 9.59 Å². The lowest BCUT2D eigenvalue weighted by molar-refractivity contribution is -0.139. The molecule has 0 radical (unpaired) electrons. The number of carbonyl (C=O) groups is 2. The van der Waals surface area contributed by atoms with Crippen LogP contribution in [0, 0.1) is 0 Å². The molecule has 2 rings (SSSR count). The maximum absolute atomic E-state index is 12.0. The van der Waals surface area contributed by atoms with E-state index >= 15 is 0 Å². The Hall–Kier alpha value is -1.75. The van der Waals surface area contributed by atoms with Crippen LogP contribution in [0.15, 0.2) is 24.3 Å². The maximum Gasteiger partial charge on any atom is 0.305 e. The smallest absolute Gasteiger partial charge is 0.305 e. The standard InChI is InChI=1S/C15H18ClNO4/c16-11-5-1-2-6-12(11)21-10-13(18)17-15(9-14(19)20)7-3-4-8-15/h1-2,5-6H,3-4,7-10H2,(H,17,18)(H,19,20). The summed E-state index contributed by atoms with van der Waals surface area (Å²) in [6, 6.07) is 6.90. The minimum atomic E-state index is -0.899. The Labute approximate surface area is 128 Å². The zero-order valence-electron chi connectivity index (χ0n) is 11.6. The Balaban J connectivity index is 1.91. The van der Waals surface area contributed by atoms with Gasteiger partial charge in [-0.05, 0) is 25.0 Å². The lowest BCUT2D eigenvalue weighted by atomic mass is 9.93. The maximum atomic E-state index is 12.0. The van der Waals surface area contributed by atoms with Crippen LogP contribution in [0.2, 0.25) is 5.02 Å². The van der Waals surface area contributed by atoms with E-state index in [0.717, 1.165) is 12.8 Å². The summed E-state index contributed by atoms with van der Waals surface area (Å²) in [7, 11) is 0. The van der Waals surface area contributed by atoms with Crippen molar-refractivity contribution in [3.63, 3.8) is 0 Å². The zero-order valence-corrected chi connectivity index (χ0v) is 12.4. The first kappa shape index (κ1) is 15.6. The molecule has 0 saturated heterocycles. The van der Waals surface area contributed by atoms with E-state index in [-0.39, 0.29) is 18.9 Å². The van der Waals surface area contributed by atoms with Gasteiger partial charge in [-0.2, -0.15) is 0 Å². The Kier molecular flexibility index (Phi) is 5.07. The van der Waals surface area contributed by atoms with Crippen molar-refractivity contribution < 1.29 is 19.4 Å². The van der Waals surface area contributed by atoms with Crippen molar-refractivity contribution in [2.45, 2.75) is 37.6 Å². The van der Waals surface area contributed by atoms with Gasteiger partial charge in [-0.15, -0.1) is 0 Å². The van der Waals surface area contributed by atoms with Crippen LogP contribution >= 0.6 is 11.6 Å². The number of para-hydroxylation sites is 1. The number of ether oxygens (including phenoxy) is 1. The predicted octanol–water partition coefficient (Wildman–Crippen LogP) is 2.62. The molecule has 6 heteroatoms. The number of halogens is 1. The lowest BCUT2D eigenvalue weighted by Gasteiger charge is -2.28. The molecule has 1 amide bonds. The summed E-state index contributed by atoms with van der Waals surface area (Å²) in [4.78, 5) is 23.0. The van der Waals surface area contributed by atoms with Gasteiger partial charge < -0.3 is 15.2 Å². The quantitative estimate of drug-likeness (QED) is 0.847. The molecule has 21 heavy (non-hydrogen) atoms. The third-order valence-corrected chi connectivity index (χ3v) is 3.96. The molecule has 1 aliphatic carbocycles. The van der Waals surface area contributed by atoms with Crippen LogP contribution in [-0.2, 0) is 9.59 Å². The van der Waals surface area contributed by atoms with E-state index in [1.807, 2.05) is 0 Å². The van der Waals surface area contributed by atoms with Crippen molar-refractivity contribution in [3.8, 4) is 5.75 Å². The highest BCUT2D eigenvalue weighted by Crippen LogP contribution is 2.32. The van der Waals surface area contributed by atoms with Crippen LogP contribution in [0.25, 0.3) is 0 Å². The molecule has 1 aliphatic rings. The number of carbonyl (C=O) groups excluding carboxylic acids is 1. The van der Waals surface area contributed by atoms with Gasteiger partial charge in [0.2, 0.25) is 0 Å². The van der Waals surface area contributed by atoms with E-state index in [4.69, 9.17) is 21.4 Å². The fourth-order valence-corrected chi connectivity index (χ4v) is 2.91. The average Bonchev–Trinajstić information content (AvgIpc) is 2.85. The molecular weight excluding hydrogens is 294 g/mol. The van der Waals surface area contributed by atoms with Gasteiger partial charge >= 0.3 is 5.97 Å². The SMILES string of the molecule is O=C(O)CC1(NC(=O)COc2ccccc2Cl)CCCC1. The van der Waals surface area contributed by atoms with Crippen LogP contribution in [0.4, 0.5) is 0 Å². The third-order valence-electron chi connectivity index (χ3n) is 3.65. The fourth-order valence-electron chi connectivity index (χ4n) is 2.72. The summed E-state index contributed by atoms with van der Waals surface area (Å²) in [5.74, 6) is -0.782. The summed E-state index contributed by atoms with van der Waals surface area (Å²) in [5, 5.41) is 12.3. The van der Waals surface area contributed by atoms with Gasteiger partial charge in [0, 0.05) is 0 Å². The molecule has 0 aromatic heterocycles.